The zero-order valence-electron chi connectivity index (χ0n) is 8.77. The highest BCUT2D eigenvalue weighted by Gasteiger charge is 2.17. The van der Waals surface area contributed by atoms with Gasteiger partial charge in [0.1, 0.15) is 0 Å². The van der Waals surface area contributed by atoms with Gasteiger partial charge in [0.15, 0.2) is 0 Å². The molecule has 0 radical (unpaired) electrons. The van der Waals surface area contributed by atoms with E-state index in [4.69, 9.17) is 0 Å². The predicted octanol–water partition coefficient (Wildman–Crippen LogP) is 2.81. The first-order valence-electron chi connectivity index (χ1n) is 5.39. The predicted molar refractivity (Wildman–Crippen MR) is 54.3 cm³/mol. The van der Waals surface area contributed by atoms with Crippen molar-refractivity contribution in [3.05, 3.63) is 0 Å². The number of hydrogen-bond acceptors (Lipinski definition) is 1. The molecule has 1 fully saturated rings. The maximum atomic E-state index is 3.42. The van der Waals surface area contributed by atoms with Crippen LogP contribution in [-0.4, -0.2) is 13.1 Å². The molecule has 0 amide bonds. The summed E-state index contributed by atoms with van der Waals surface area (Å²) < 4.78 is 0. The lowest BCUT2D eigenvalue weighted by molar-refractivity contribution is 0.289. The first-order chi connectivity index (χ1) is 5.72. The van der Waals surface area contributed by atoms with Crippen LogP contribution in [0.2, 0.25) is 0 Å². The minimum absolute atomic E-state index is 0.785. The van der Waals surface area contributed by atoms with E-state index in [0.717, 1.165) is 17.9 Å². The Bertz CT molecular complexity index is 122. The summed E-state index contributed by atoms with van der Waals surface area (Å²) in [7, 11) is 2.10. The van der Waals surface area contributed by atoms with Crippen LogP contribution in [0, 0.1) is 11.8 Å². The Labute approximate surface area is 76.9 Å². The average molecular weight is 169 g/mol. The van der Waals surface area contributed by atoms with E-state index in [1.807, 2.05) is 0 Å². The van der Waals surface area contributed by atoms with Crippen molar-refractivity contribution in [1.82, 2.24) is 5.32 Å². The SMILES string of the molecule is CNC1CCCC(C)CC(C)C1. The fourth-order valence-corrected chi connectivity index (χ4v) is 2.48. The second-order valence-corrected chi connectivity index (χ2v) is 4.60. The number of hydrogen-bond donors (Lipinski definition) is 1. The molecule has 0 aliphatic heterocycles. The highest BCUT2D eigenvalue weighted by Crippen LogP contribution is 2.25. The van der Waals surface area contributed by atoms with Crippen LogP contribution in [0.25, 0.3) is 0 Å². The van der Waals surface area contributed by atoms with Crippen LogP contribution in [0.1, 0.15) is 46.0 Å². The Morgan fingerprint density at radius 2 is 1.75 bits per heavy atom. The quantitative estimate of drug-likeness (QED) is 0.636. The third-order valence-electron chi connectivity index (χ3n) is 3.15. The molecule has 0 heterocycles. The molecule has 1 rings (SSSR count). The molecular formula is C11H23N. The van der Waals surface area contributed by atoms with Gasteiger partial charge in [-0.1, -0.05) is 26.7 Å². The molecule has 1 heteroatoms. The molecule has 1 aliphatic carbocycles. The zero-order chi connectivity index (χ0) is 8.97. The molecule has 1 N–H and O–H groups in total. The van der Waals surface area contributed by atoms with E-state index < -0.39 is 0 Å². The molecule has 3 unspecified atom stereocenters. The Kier molecular flexibility index (Phi) is 4.07. The Morgan fingerprint density at radius 3 is 2.42 bits per heavy atom. The van der Waals surface area contributed by atoms with Crippen molar-refractivity contribution < 1.29 is 0 Å². The molecule has 1 aliphatic rings. The van der Waals surface area contributed by atoms with Gasteiger partial charge in [0.25, 0.3) is 0 Å². The maximum Gasteiger partial charge on any atom is 0.00666 e. The van der Waals surface area contributed by atoms with Crippen molar-refractivity contribution in [2.45, 2.75) is 52.0 Å². The molecule has 0 aromatic rings. The van der Waals surface area contributed by atoms with E-state index in [-0.39, 0.29) is 0 Å². The van der Waals surface area contributed by atoms with Crippen LogP contribution >= 0.6 is 0 Å². The van der Waals surface area contributed by atoms with Crippen LogP contribution < -0.4 is 5.32 Å². The summed E-state index contributed by atoms with van der Waals surface area (Å²) in [5.74, 6) is 1.87. The first kappa shape index (κ1) is 10.0. The molecule has 3 atom stereocenters. The Morgan fingerprint density at radius 1 is 1.00 bits per heavy atom. The van der Waals surface area contributed by atoms with Crippen LogP contribution in [0.3, 0.4) is 0 Å². The van der Waals surface area contributed by atoms with Gasteiger partial charge < -0.3 is 5.32 Å². The van der Waals surface area contributed by atoms with Crippen LogP contribution in [0.5, 0.6) is 0 Å². The average Bonchev–Trinajstić information content (AvgIpc) is 1.99. The van der Waals surface area contributed by atoms with E-state index in [1.54, 1.807) is 0 Å². The molecule has 1 saturated carbocycles. The normalized spacial score (nSPS) is 38.8. The fraction of sp³-hybridized carbons (Fsp3) is 1.00. The standard InChI is InChI=1S/C11H23N/c1-9-5-4-6-11(12-3)8-10(2)7-9/h9-12H,4-8H2,1-3H3. The van der Waals surface area contributed by atoms with Gasteiger partial charge in [-0.3, -0.25) is 0 Å². The summed E-state index contributed by atoms with van der Waals surface area (Å²) in [5.41, 5.74) is 0. The maximum absolute atomic E-state index is 3.42. The zero-order valence-corrected chi connectivity index (χ0v) is 8.77. The van der Waals surface area contributed by atoms with Crippen molar-refractivity contribution in [2.75, 3.05) is 7.05 Å². The van der Waals surface area contributed by atoms with E-state index in [0.29, 0.717) is 0 Å². The highest BCUT2D eigenvalue weighted by molar-refractivity contribution is 4.73. The minimum Gasteiger partial charge on any atom is -0.317 e. The number of rotatable bonds is 1. The van der Waals surface area contributed by atoms with Crippen molar-refractivity contribution in [3.8, 4) is 0 Å². The summed E-state index contributed by atoms with van der Waals surface area (Å²) in [4.78, 5) is 0. The van der Waals surface area contributed by atoms with Crippen molar-refractivity contribution in [3.63, 3.8) is 0 Å². The van der Waals surface area contributed by atoms with E-state index in [1.165, 1.54) is 32.1 Å². The molecule has 0 bridgehead atoms. The molecule has 1 nitrogen and oxygen atoms in total. The van der Waals surface area contributed by atoms with Gasteiger partial charge in [0.05, 0.1) is 0 Å². The summed E-state index contributed by atoms with van der Waals surface area (Å²) >= 11 is 0. The van der Waals surface area contributed by atoms with Gasteiger partial charge in [-0.25, -0.2) is 0 Å². The summed E-state index contributed by atoms with van der Waals surface area (Å²) in [6.07, 6.45) is 7.03. The van der Waals surface area contributed by atoms with Crippen molar-refractivity contribution in [2.24, 2.45) is 11.8 Å². The largest absolute Gasteiger partial charge is 0.317 e. The molecule has 0 saturated heterocycles. The topological polar surface area (TPSA) is 12.0 Å². The molecular weight excluding hydrogens is 146 g/mol. The third kappa shape index (κ3) is 3.14. The highest BCUT2D eigenvalue weighted by atomic mass is 14.9. The van der Waals surface area contributed by atoms with Gasteiger partial charge in [0.2, 0.25) is 0 Å². The van der Waals surface area contributed by atoms with Crippen molar-refractivity contribution in [1.29, 1.82) is 0 Å². The molecule has 0 spiro atoms. The molecule has 72 valence electrons. The van der Waals surface area contributed by atoms with E-state index >= 15 is 0 Å². The number of nitrogens with one attached hydrogen (secondary N) is 1. The second kappa shape index (κ2) is 4.86. The summed E-state index contributed by atoms with van der Waals surface area (Å²) in [6, 6.07) is 0.785. The Balaban J connectivity index is 2.37. The molecule has 12 heavy (non-hydrogen) atoms. The third-order valence-corrected chi connectivity index (χ3v) is 3.15. The van der Waals surface area contributed by atoms with Gasteiger partial charge in [-0.15, -0.1) is 0 Å². The van der Waals surface area contributed by atoms with Crippen LogP contribution in [0.4, 0.5) is 0 Å². The van der Waals surface area contributed by atoms with Gasteiger partial charge >= 0.3 is 0 Å². The lowest BCUT2D eigenvalue weighted by atomic mass is 9.84. The minimum atomic E-state index is 0.785. The smallest absolute Gasteiger partial charge is 0.00666 e. The van der Waals surface area contributed by atoms with E-state index in [9.17, 15) is 0 Å². The monoisotopic (exact) mass is 169 g/mol. The van der Waals surface area contributed by atoms with Crippen molar-refractivity contribution >= 4 is 0 Å². The van der Waals surface area contributed by atoms with Crippen LogP contribution in [-0.2, 0) is 0 Å². The second-order valence-electron chi connectivity index (χ2n) is 4.60. The fourth-order valence-electron chi connectivity index (χ4n) is 2.48. The summed E-state index contributed by atoms with van der Waals surface area (Å²) in [5, 5.41) is 3.42. The molecule has 0 aromatic heterocycles. The van der Waals surface area contributed by atoms with Gasteiger partial charge in [-0.05, 0) is 38.1 Å². The van der Waals surface area contributed by atoms with Gasteiger partial charge in [-0.2, -0.15) is 0 Å². The molecule has 0 aromatic carbocycles. The van der Waals surface area contributed by atoms with Crippen LogP contribution in [0.15, 0.2) is 0 Å². The lowest BCUT2D eigenvalue weighted by Gasteiger charge is -2.26. The summed E-state index contributed by atoms with van der Waals surface area (Å²) in [6.45, 7) is 4.79. The first-order valence-corrected chi connectivity index (χ1v) is 5.39. The van der Waals surface area contributed by atoms with E-state index in [2.05, 4.69) is 26.2 Å². The Hall–Kier alpha value is -0.0400. The lowest BCUT2D eigenvalue weighted by Crippen LogP contribution is -2.29. The van der Waals surface area contributed by atoms with Gasteiger partial charge in [0, 0.05) is 6.04 Å².